The first kappa shape index (κ1) is 18.7. The molecule has 2 aliphatic rings. The Kier molecular flexibility index (Phi) is 7.46. The zero-order valence-corrected chi connectivity index (χ0v) is 14.3. The van der Waals surface area contributed by atoms with Crippen LogP contribution >= 0.6 is 0 Å². The predicted molar refractivity (Wildman–Crippen MR) is 78.0 cm³/mol. The number of carbonyl (C=O) groups excluding carboxylic acids is 1. The van der Waals surface area contributed by atoms with Gasteiger partial charge in [0.1, 0.15) is 5.60 Å². The van der Waals surface area contributed by atoms with Crippen LogP contribution in [0.25, 0.3) is 5.32 Å². The minimum atomic E-state index is -0.445. The molecular weight excluding hydrogens is 315 g/mol. The Hall–Kier alpha value is -0.304. The average molecular weight is 342 g/mol. The van der Waals surface area contributed by atoms with Gasteiger partial charge in [0.25, 0.3) is 0 Å². The second-order valence-electron chi connectivity index (χ2n) is 6.63. The van der Waals surface area contributed by atoms with Crippen molar-refractivity contribution in [3.8, 4) is 0 Å². The fourth-order valence-electron chi connectivity index (χ4n) is 2.89. The van der Waals surface area contributed by atoms with Crippen molar-refractivity contribution < 1.29 is 31.0 Å². The number of nitrogens with zero attached hydrogens (tertiary/aromatic N) is 2. The van der Waals surface area contributed by atoms with Gasteiger partial charge in [0.15, 0.2) is 0 Å². The van der Waals surface area contributed by atoms with Gasteiger partial charge < -0.3 is 19.7 Å². The molecular formula is C15H27CoN2O3-. The van der Waals surface area contributed by atoms with Crippen molar-refractivity contribution in [3.05, 3.63) is 5.32 Å². The third-order valence-corrected chi connectivity index (χ3v) is 3.82. The van der Waals surface area contributed by atoms with Gasteiger partial charge in [-0.05, 0) is 33.6 Å². The zero-order chi connectivity index (χ0) is 14.6. The number of carbonyl (C=O) groups is 1. The molecule has 2 rings (SSSR count). The third-order valence-electron chi connectivity index (χ3n) is 3.82. The monoisotopic (exact) mass is 342 g/mol. The number of piperidine rings is 1. The zero-order valence-electron chi connectivity index (χ0n) is 13.3. The molecule has 0 spiro atoms. The van der Waals surface area contributed by atoms with Crippen LogP contribution in [0.4, 0.5) is 4.79 Å². The fourth-order valence-corrected chi connectivity index (χ4v) is 2.89. The van der Waals surface area contributed by atoms with E-state index < -0.39 is 5.60 Å². The van der Waals surface area contributed by atoms with Crippen molar-refractivity contribution in [2.45, 2.75) is 64.1 Å². The Morgan fingerprint density at radius 2 is 1.62 bits per heavy atom. The van der Waals surface area contributed by atoms with Crippen molar-refractivity contribution in [1.82, 2.24) is 4.90 Å². The van der Waals surface area contributed by atoms with Gasteiger partial charge in [0.05, 0.1) is 0 Å². The van der Waals surface area contributed by atoms with E-state index in [1.54, 1.807) is 0 Å². The van der Waals surface area contributed by atoms with Gasteiger partial charge in [-0.2, -0.15) is 0 Å². The maximum atomic E-state index is 12.6. The largest absolute Gasteiger partial charge is 0.662 e. The van der Waals surface area contributed by atoms with Gasteiger partial charge in [-0.3, -0.25) is 0 Å². The second kappa shape index (κ2) is 8.36. The minimum Gasteiger partial charge on any atom is -0.662 e. The molecule has 0 unspecified atom stereocenters. The second-order valence-corrected chi connectivity index (χ2v) is 6.63. The predicted octanol–water partition coefficient (Wildman–Crippen LogP) is 2.94. The molecule has 0 aliphatic carbocycles. The first-order valence-corrected chi connectivity index (χ1v) is 7.70. The van der Waals surface area contributed by atoms with E-state index in [4.69, 9.17) is 9.47 Å². The van der Waals surface area contributed by atoms with Crippen molar-refractivity contribution in [2.24, 2.45) is 0 Å². The van der Waals surface area contributed by atoms with Crippen LogP contribution in [-0.2, 0) is 26.3 Å². The molecule has 0 atom stereocenters. The SMILES string of the molecule is CC(C)(C)OC(=O)N(C1CC[N-]CC1)C1CCOCC1.[Co]. The molecule has 0 aromatic heterocycles. The standard InChI is InChI=1S/C15H27N2O3.Co/c1-15(2,3)20-14(18)17(12-4-8-16-9-5-12)13-6-10-19-11-7-13;/h12-13H,4-11H2,1-3H3;/q-1;. The van der Waals surface area contributed by atoms with Crippen molar-refractivity contribution >= 4 is 6.09 Å². The van der Waals surface area contributed by atoms with E-state index in [9.17, 15) is 4.79 Å². The summed E-state index contributed by atoms with van der Waals surface area (Å²) in [6, 6.07) is 0.521. The number of rotatable bonds is 2. The van der Waals surface area contributed by atoms with Crippen molar-refractivity contribution in [2.75, 3.05) is 26.3 Å². The first-order chi connectivity index (χ1) is 9.47. The molecule has 0 N–H and O–H groups in total. The molecule has 2 fully saturated rings. The maximum Gasteiger partial charge on any atom is 0.410 e. The van der Waals surface area contributed by atoms with Crippen LogP contribution in [0, 0.1) is 0 Å². The molecule has 2 saturated heterocycles. The molecule has 21 heavy (non-hydrogen) atoms. The van der Waals surface area contributed by atoms with Crippen molar-refractivity contribution in [1.29, 1.82) is 0 Å². The quantitative estimate of drug-likeness (QED) is 0.775. The summed E-state index contributed by atoms with van der Waals surface area (Å²) in [5.41, 5.74) is -0.445. The van der Waals surface area contributed by atoms with Crippen LogP contribution in [0.1, 0.15) is 46.5 Å². The smallest absolute Gasteiger partial charge is 0.410 e. The number of hydrogen-bond acceptors (Lipinski definition) is 3. The maximum absolute atomic E-state index is 12.6. The molecule has 0 saturated carbocycles. The molecule has 1 amide bonds. The van der Waals surface area contributed by atoms with Crippen molar-refractivity contribution in [3.63, 3.8) is 0 Å². The summed E-state index contributed by atoms with van der Waals surface area (Å²) in [6.07, 6.45) is 3.56. The molecule has 5 nitrogen and oxygen atoms in total. The Labute approximate surface area is 138 Å². The molecule has 0 aromatic carbocycles. The van der Waals surface area contributed by atoms with E-state index in [1.807, 2.05) is 25.7 Å². The van der Waals surface area contributed by atoms with E-state index in [0.29, 0.717) is 0 Å². The normalized spacial score (nSPS) is 21.5. The Morgan fingerprint density at radius 3 is 2.14 bits per heavy atom. The van der Waals surface area contributed by atoms with Crippen LogP contribution in [0.5, 0.6) is 0 Å². The van der Waals surface area contributed by atoms with E-state index in [0.717, 1.165) is 52.0 Å². The summed E-state index contributed by atoms with van der Waals surface area (Å²) in [5.74, 6) is 0. The van der Waals surface area contributed by atoms with E-state index in [-0.39, 0.29) is 35.0 Å². The van der Waals surface area contributed by atoms with Gasteiger partial charge >= 0.3 is 6.09 Å². The minimum absolute atomic E-state index is 0. The van der Waals surface area contributed by atoms with Gasteiger partial charge in [0.2, 0.25) is 0 Å². The van der Waals surface area contributed by atoms with Gasteiger partial charge in [-0.1, -0.05) is 12.8 Å². The molecule has 6 heteroatoms. The van der Waals surface area contributed by atoms with E-state index >= 15 is 0 Å². The Bertz CT molecular complexity index is 303. The fraction of sp³-hybridized carbons (Fsp3) is 0.933. The number of amides is 1. The van der Waals surface area contributed by atoms with Gasteiger partial charge in [0, 0.05) is 42.1 Å². The molecule has 2 aliphatic heterocycles. The topological polar surface area (TPSA) is 52.9 Å². The van der Waals surface area contributed by atoms with Gasteiger partial charge in [-0.25, -0.2) is 4.79 Å². The van der Waals surface area contributed by atoms with Crippen LogP contribution in [0.2, 0.25) is 0 Å². The molecule has 1 radical (unpaired) electrons. The Balaban J connectivity index is 0.00000220. The molecule has 125 valence electrons. The summed E-state index contributed by atoms with van der Waals surface area (Å²) in [6.45, 7) is 8.94. The van der Waals surface area contributed by atoms with Crippen LogP contribution in [-0.4, -0.2) is 55.0 Å². The summed E-state index contributed by atoms with van der Waals surface area (Å²) >= 11 is 0. The average Bonchev–Trinajstić information content (AvgIpc) is 2.39. The summed E-state index contributed by atoms with van der Waals surface area (Å²) in [4.78, 5) is 14.6. The van der Waals surface area contributed by atoms with Gasteiger partial charge in [-0.15, -0.1) is 13.1 Å². The Morgan fingerprint density at radius 1 is 1.10 bits per heavy atom. The van der Waals surface area contributed by atoms with Crippen LogP contribution in [0.15, 0.2) is 0 Å². The molecule has 0 aromatic rings. The molecule has 2 heterocycles. The first-order valence-electron chi connectivity index (χ1n) is 7.70. The van der Waals surface area contributed by atoms with E-state index in [2.05, 4.69) is 5.32 Å². The van der Waals surface area contributed by atoms with Crippen LogP contribution in [0.3, 0.4) is 0 Å². The third kappa shape index (κ3) is 5.77. The number of hydrogen-bond donors (Lipinski definition) is 0. The summed E-state index contributed by atoms with van der Waals surface area (Å²) < 4.78 is 11.0. The van der Waals surface area contributed by atoms with E-state index in [1.165, 1.54) is 0 Å². The number of ether oxygens (including phenoxy) is 2. The summed E-state index contributed by atoms with van der Waals surface area (Å²) in [5, 5.41) is 4.39. The summed E-state index contributed by atoms with van der Waals surface area (Å²) in [7, 11) is 0. The molecule has 0 bridgehead atoms. The van der Waals surface area contributed by atoms with Crippen LogP contribution < -0.4 is 0 Å².